The Morgan fingerprint density at radius 2 is 1.73 bits per heavy atom. The van der Waals surface area contributed by atoms with Crippen LogP contribution in [-0.4, -0.2) is 36.5 Å². The number of hydrogen-bond donors (Lipinski definition) is 0. The van der Waals surface area contributed by atoms with Crippen molar-refractivity contribution in [1.82, 2.24) is 4.90 Å². The van der Waals surface area contributed by atoms with Crippen molar-refractivity contribution >= 4 is 11.9 Å². The summed E-state index contributed by atoms with van der Waals surface area (Å²) in [6, 6.07) is 0. The van der Waals surface area contributed by atoms with Gasteiger partial charge < -0.3 is 4.74 Å². The Hall–Kier alpha value is -0.900. The van der Waals surface area contributed by atoms with Gasteiger partial charge in [0, 0.05) is 6.54 Å². The molecule has 1 rings (SSSR count). The second-order valence-corrected chi connectivity index (χ2v) is 5.13. The number of esters is 2. The molecule has 0 aromatic carbocycles. The van der Waals surface area contributed by atoms with Crippen molar-refractivity contribution in [2.75, 3.05) is 19.6 Å². The fourth-order valence-electron chi connectivity index (χ4n) is 1.48. The van der Waals surface area contributed by atoms with E-state index in [1.807, 2.05) is 4.90 Å². The molecule has 0 saturated carbocycles. The van der Waals surface area contributed by atoms with Crippen LogP contribution in [0.25, 0.3) is 0 Å². The lowest BCUT2D eigenvalue weighted by atomic mass is 9.80. The molecule has 0 atom stereocenters. The molecule has 1 fully saturated rings. The monoisotopic (exact) mass is 213 g/mol. The summed E-state index contributed by atoms with van der Waals surface area (Å²) in [5.41, 5.74) is 0.0951. The summed E-state index contributed by atoms with van der Waals surface area (Å²) in [5.74, 6) is -0.373. The molecule has 86 valence electrons. The predicted octanol–water partition coefficient (Wildman–Crippen LogP) is 1.05. The van der Waals surface area contributed by atoms with Crippen molar-refractivity contribution < 1.29 is 14.3 Å². The summed E-state index contributed by atoms with van der Waals surface area (Å²) in [7, 11) is 0. The number of cyclic esters (lactones) is 2. The minimum Gasteiger partial charge on any atom is -0.391 e. The van der Waals surface area contributed by atoms with E-state index in [-0.39, 0.29) is 18.5 Å². The Bertz CT molecular complexity index is 255. The number of hydrogen-bond acceptors (Lipinski definition) is 4. The number of carbonyl (C=O) groups is 2. The molecule has 15 heavy (non-hydrogen) atoms. The maximum atomic E-state index is 11.1. The molecule has 4 nitrogen and oxygen atoms in total. The van der Waals surface area contributed by atoms with E-state index in [0.717, 1.165) is 6.54 Å². The minimum atomic E-state index is -0.439. The summed E-state index contributed by atoms with van der Waals surface area (Å²) >= 11 is 0. The molecular weight excluding hydrogens is 194 g/mol. The van der Waals surface area contributed by atoms with Crippen molar-refractivity contribution in [3.8, 4) is 0 Å². The second kappa shape index (κ2) is 4.31. The van der Waals surface area contributed by atoms with Crippen LogP contribution in [0.2, 0.25) is 0 Å². The number of ether oxygens (including phenoxy) is 1. The van der Waals surface area contributed by atoms with Gasteiger partial charge in [0.05, 0.1) is 13.1 Å². The van der Waals surface area contributed by atoms with Gasteiger partial charge in [-0.1, -0.05) is 27.7 Å². The molecule has 0 aromatic rings. The first kappa shape index (κ1) is 12.2. The van der Waals surface area contributed by atoms with Crippen molar-refractivity contribution in [1.29, 1.82) is 0 Å². The third kappa shape index (κ3) is 3.30. The van der Waals surface area contributed by atoms with Crippen LogP contribution in [0.4, 0.5) is 0 Å². The summed E-state index contributed by atoms with van der Waals surface area (Å²) in [6.45, 7) is 9.76. The second-order valence-electron chi connectivity index (χ2n) is 5.13. The molecule has 4 heteroatoms. The van der Waals surface area contributed by atoms with E-state index in [9.17, 15) is 9.59 Å². The fraction of sp³-hybridized carbons (Fsp3) is 0.818. The van der Waals surface area contributed by atoms with E-state index in [1.165, 1.54) is 0 Å². The average Bonchev–Trinajstić information content (AvgIpc) is 1.99. The van der Waals surface area contributed by atoms with E-state index >= 15 is 0 Å². The Labute approximate surface area is 90.6 Å². The molecule has 0 spiro atoms. The third-order valence-electron chi connectivity index (χ3n) is 3.13. The van der Waals surface area contributed by atoms with Gasteiger partial charge in [0.25, 0.3) is 0 Å². The quantitative estimate of drug-likeness (QED) is 0.519. The van der Waals surface area contributed by atoms with Crippen LogP contribution < -0.4 is 0 Å². The zero-order valence-corrected chi connectivity index (χ0v) is 9.87. The number of rotatable bonds is 3. The number of nitrogens with zero attached hydrogens (tertiary/aromatic N) is 1. The number of morpholine rings is 1. The van der Waals surface area contributed by atoms with Gasteiger partial charge in [-0.25, -0.2) is 0 Å². The van der Waals surface area contributed by atoms with E-state index in [0.29, 0.717) is 5.92 Å². The molecule has 1 heterocycles. The zero-order valence-electron chi connectivity index (χ0n) is 9.87. The van der Waals surface area contributed by atoms with Crippen LogP contribution in [0.3, 0.4) is 0 Å². The topological polar surface area (TPSA) is 46.6 Å². The maximum absolute atomic E-state index is 11.1. The number of carbonyl (C=O) groups excluding carboxylic acids is 2. The molecule has 0 aliphatic carbocycles. The lowest BCUT2D eigenvalue weighted by Crippen LogP contribution is -2.47. The van der Waals surface area contributed by atoms with Crippen LogP contribution in [0, 0.1) is 11.3 Å². The van der Waals surface area contributed by atoms with Gasteiger partial charge >= 0.3 is 11.9 Å². The molecule has 0 amide bonds. The normalized spacial score (nSPS) is 19.5. The highest BCUT2D eigenvalue weighted by Crippen LogP contribution is 2.27. The Balaban J connectivity index is 2.58. The standard InChI is InChI=1S/C11H19NO3/c1-8(2)11(3,4)7-12-5-9(13)15-10(14)6-12/h8H,5-7H2,1-4H3. The van der Waals surface area contributed by atoms with Gasteiger partial charge in [-0.05, 0) is 11.3 Å². The SMILES string of the molecule is CC(C)C(C)(C)CN1CC(=O)OC(=O)C1. The fourth-order valence-corrected chi connectivity index (χ4v) is 1.48. The van der Waals surface area contributed by atoms with Gasteiger partial charge in [0.2, 0.25) is 0 Å². The largest absolute Gasteiger partial charge is 0.391 e. The summed E-state index contributed by atoms with van der Waals surface area (Å²) in [4.78, 5) is 24.0. The Morgan fingerprint density at radius 1 is 1.27 bits per heavy atom. The van der Waals surface area contributed by atoms with Gasteiger partial charge in [-0.15, -0.1) is 0 Å². The van der Waals surface area contributed by atoms with E-state index in [4.69, 9.17) is 0 Å². The van der Waals surface area contributed by atoms with Gasteiger partial charge in [0.15, 0.2) is 0 Å². The van der Waals surface area contributed by atoms with Crippen molar-refractivity contribution in [3.05, 3.63) is 0 Å². The van der Waals surface area contributed by atoms with Crippen LogP contribution in [0.1, 0.15) is 27.7 Å². The molecule has 0 aromatic heterocycles. The summed E-state index contributed by atoms with van der Waals surface area (Å²) in [5, 5.41) is 0. The maximum Gasteiger partial charge on any atom is 0.327 e. The molecular formula is C11H19NO3. The van der Waals surface area contributed by atoms with Gasteiger partial charge in [0.1, 0.15) is 0 Å². The van der Waals surface area contributed by atoms with Crippen LogP contribution in [0.15, 0.2) is 0 Å². The molecule has 1 aliphatic rings. The summed E-state index contributed by atoms with van der Waals surface area (Å²) < 4.78 is 4.47. The van der Waals surface area contributed by atoms with Crippen molar-refractivity contribution in [2.24, 2.45) is 11.3 Å². The molecule has 0 bridgehead atoms. The smallest absolute Gasteiger partial charge is 0.327 e. The lowest BCUT2D eigenvalue weighted by Gasteiger charge is -2.36. The van der Waals surface area contributed by atoms with E-state index in [1.54, 1.807) is 0 Å². The lowest BCUT2D eigenvalue weighted by molar-refractivity contribution is -0.167. The van der Waals surface area contributed by atoms with E-state index < -0.39 is 11.9 Å². The third-order valence-corrected chi connectivity index (χ3v) is 3.13. The summed E-state index contributed by atoms with van der Waals surface area (Å²) in [6.07, 6.45) is 0. The first-order valence-electron chi connectivity index (χ1n) is 5.27. The van der Waals surface area contributed by atoms with Crippen LogP contribution >= 0.6 is 0 Å². The Kier molecular flexibility index (Phi) is 3.50. The van der Waals surface area contributed by atoms with Crippen LogP contribution in [0.5, 0.6) is 0 Å². The predicted molar refractivity (Wildman–Crippen MR) is 56.2 cm³/mol. The van der Waals surface area contributed by atoms with Crippen LogP contribution in [-0.2, 0) is 14.3 Å². The highest BCUT2D eigenvalue weighted by atomic mass is 16.6. The highest BCUT2D eigenvalue weighted by molar-refractivity contribution is 5.90. The molecule has 0 N–H and O–H groups in total. The molecule has 1 aliphatic heterocycles. The van der Waals surface area contributed by atoms with Crippen molar-refractivity contribution in [3.63, 3.8) is 0 Å². The minimum absolute atomic E-state index is 0.0951. The first-order valence-corrected chi connectivity index (χ1v) is 5.27. The molecule has 1 saturated heterocycles. The molecule has 0 radical (unpaired) electrons. The highest BCUT2D eigenvalue weighted by Gasteiger charge is 2.31. The average molecular weight is 213 g/mol. The first-order chi connectivity index (χ1) is 6.81. The zero-order chi connectivity index (χ0) is 11.6. The van der Waals surface area contributed by atoms with Gasteiger partial charge in [-0.2, -0.15) is 0 Å². The molecule has 0 unspecified atom stereocenters. The Morgan fingerprint density at radius 3 is 2.13 bits per heavy atom. The van der Waals surface area contributed by atoms with E-state index in [2.05, 4.69) is 32.4 Å². The van der Waals surface area contributed by atoms with Crippen molar-refractivity contribution in [2.45, 2.75) is 27.7 Å². The van der Waals surface area contributed by atoms with Gasteiger partial charge in [-0.3, -0.25) is 14.5 Å².